The number of hydrogen-bond donors (Lipinski definition) is 2. The molecule has 0 amide bonds. The molecule has 10 heteroatoms. The summed E-state index contributed by atoms with van der Waals surface area (Å²) in [7, 11) is 0.106. The van der Waals surface area contributed by atoms with Gasteiger partial charge in [-0.05, 0) is 36.5 Å². The van der Waals surface area contributed by atoms with E-state index in [1.807, 2.05) is 19.2 Å². The maximum absolute atomic E-state index is 12.8. The zero-order valence-electron chi connectivity index (χ0n) is 17.2. The molecule has 1 saturated heterocycles. The van der Waals surface area contributed by atoms with Gasteiger partial charge in [-0.1, -0.05) is 19.1 Å². The summed E-state index contributed by atoms with van der Waals surface area (Å²) in [5.41, 5.74) is 0.970. The van der Waals surface area contributed by atoms with Gasteiger partial charge in [0.05, 0.1) is 11.4 Å². The Morgan fingerprint density at radius 2 is 1.97 bits per heavy atom. The van der Waals surface area contributed by atoms with Gasteiger partial charge in [0.25, 0.3) is 0 Å². The highest BCUT2D eigenvalue weighted by atomic mass is 32.2. The molecule has 2 aromatic rings. The van der Waals surface area contributed by atoms with Crippen molar-refractivity contribution in [2.24, 2.45) is 18.0 Å². The number of benzene rings is 1. The maximum atomic E-state index is 12.8. The van der Waals surface area contributed by atoms with Gasteiger partial charge >= 0.3 is 0 Å². The Bertz CT molecular complexity index is 938. The van der Waals surface area contributed by atoms with Crippen LogP contribution in [0.1, 0.15) is 31.2 Å². The van der Waals surface area contributed by atoms with E-state index >= 15 is 0 Å². The first kappa shape index (κ1) is 21.3. The van der Waals surface area contributed by atoms with Crippen molar-refractivity contribution in [3.8, 4) is 0 Å². The summed E-state index contributed by atoms with van der Waals surface area (Å²) >= 11 is 0. The molecule has 2 heterocycles. The average Bonchev–Trinajstić information content (AvgIpc) is 3.13. The summed E-state index contributed by atoms with van der Waals surface area (Å²) < 4.78 is 29.0. The Balaban J connectivity index is 1.56. The molecule has 0 spiro atoms. The molecule has 1 aliphatic rings. The van der Waals surface area contributed by atoms with Crippen molar-refractivity contribution in [3.63, 3.8) is 0 Å². The molecule has 1 atom stereocenters. The van der Waals surface area contributed by atoms with Gasteiger partial charge < -0.3 is 10.6 Å². The molecule has 1 aliphatic heterocycles. The monoisotopic (exact) mass is 419 g/mol. The van der Waals surface area contributed by atoms with Gasteiger partial charge in [0.15, 0.2) is 5.96 Å². The van der Waals surface area contributed by atoms with Gasteiger partial charge in [-0.2, -0.15) is 9.40 Å². The Labute approximate surface area is 172 Å². The smallest absolute Gasteiger partial charge is 0.243 e. The molecule has 0 bridgehead atoms. The summed E-state index contributed by atoms with van der Waals surface area (Å²) in [5.74, 6) is 1.84. The number of rotatable bonds is 6. The van der Waals surface area contributed by atoms with E-state index in [4.69, 9.17) is 0 Å². The van der Waals surface area contributed by atoms with E-state index in [1.165, 1.54) is 6.33 Å². The van der Waals surface area contributed by atoms with E-state index in [-0.39, 0.29) is 0 Å². The largest absolute Gasteiger partial charge is 0.352 e. The Hall–Kier alpha value is -2.46. The lowest BCUT2D eigenvalue weighted by Gasteiger charge is -2.30. The van der Waals surface area contributed by atoms with Crippen molar-refractivity contribution in [1.29, 1.82) is 0 Å². The van der Waals surface area contributed by atoms with Crippen LogP contribution >= 0.6 is 0 Å². The number of nitrogens with zero attached hydrogens (tertiary/aromatic N) is 5. The number of aliphatic imine (C=N–C) groups is 1. The Morgan fingerprint density at radius 1 is 1.24 bits per heavy atom. The fourth-order valence-corrected chi connectivity index (χ4v) is 4.94. The van der Waals surface area contributed by atoms with Crippen molar-refractivity contribution in [2.75, 3.05) is 20.1 Å². The van der Waals surface area contributed by atoms with Gasteiger partial charge in [-0.15, -0.1) is 0 Å². The molecule has 1 aromatic heterocycles. The lowest BCUT2D eigenvalue weighted by Crippen LogP contribution is -2.39. The van der Waals surface area contributed by atoms with E-state index in [0.29, 0.717) is 43.0 Å². The van der Waals surface area contributed by atoms with E-state index in [1.54, 1.807) is 28.2 Å². The highest BCUT2D eigenvalue weighted by Gasteiger charge is 2.28. The molecule has 3 rings (SSSR count). The Morgan fingerprint density at radius 3 is 2.59 bits per heavy atom. The van der Waals surface area contributed by atoms with Gasteiger partial charge in [0.2, 0.25) is 10.0 Å². The van der Waals surface area contributed by atoms with Gasteiger partial charge in [0.1, 0.15) is 12.2 Å². The number of nitrogens with one attached hydrogen (secondary N) is 2. The second kappa shape index (κ2) is 9.36. The highest BCUT2D eigenvalue weighted by molar-refractivity contribution is 7.89. The summed E-state index contributed by atoms with van der Waals surface area (Å²) in [6.07, 6.45) is 3.51. The molecule has 0 radical (unpaired) electrons. The van der Waals surface area contributed by atoms with E-state index < -0.39 is 10.0 Å². The second-order valence-corrected chi connectivity index (χ2v) is 9.27. The predicted octanol–water partition coefficient (Wildman–Crippen LogP) is 1.10. The zero-order chi connectivity index (χ0) is 20.9. The van der Waals surface area contributed by atoms with E-state index in [0.717, 1.165) is 24.2 Å². The van der Waals surface area contributed by atoms with Gasteiger partial charge in [0, 0.05) is 33.7 Å². The van der Waals surface area contributed by atoms with Crippen molar-refractivity contribution in [2.45, 2.75) is 37.8 Å². The molecule has 1 aromatic carbocycles. The van der Waals surface area contributed by atoms with Crippen molar-refractivity contribution in [3.05, 3.63) is 42.0 Å². The number of aromatic nitrogens is 3. The van der Waals surface area contributed by atoms with Crippen LogP contribution in [0.5, 0.6) is 0 Å². The summed E-state index contributed by atoms with van der Waals surface area (Å²) in [4.78, 5) is 8.70. The minimum absolute atomic E-state index is 0.347. The third-order valence-electron chi connectivity index (χ3n) is 5.08. The third-order valence-corrected chi connectivity index (χ3v) is 6.96. The summed E-state index contributed by atoms with van der Waals surface area (Å²) in [6.45, 7) is 4.32. The second-order valence-electron chi connectivity index (χ2n) is 7.33. The van der Waals surface area contributed by atoms with E-state index in [9.17, 15) is 8.42 Å². The lowest BCUT2D eigenvalue weighted by atomic mass is 10.0. The van der Waals surface area contributed by atoms with Crippen molar-refractivity contribution >= 4 is 16.0 Å². The molecule has 0 aliphatic carbocycles. The third kappa shape index (κ3) is 5.33. The van der Waals surface area contributed by atoms with Crippen LogP contribution in [0.3, 0.4) is 0 Å². The van der Waals surface area contributed by atoms with Crippen LogP contribution < -0.4 is 10.6 Å². The first-order chi connectivity index (χ1) is 13.9. The van der Waals surface area contributed by atoms with Crippen LogP contribution in [0.15, 0.2) is 40.5 Å². The summed E-state index contributed by atoms with van der Waals surface area (Å²) in [6, 6.07) is 7.04. The number of aryl methyl sites for hydroxylation is 1. The molecular weight excluding hydrogens is 390 g/mol. The molecule has 9 nitrogen and oxygen atoms in total. The number of sulfonamides is 1. The SMILES string of the molecule is CN=C(NCc1ccc(S(=O)(=O)N2CCCC(C)C2)cc1)NCc1ncnn1C. The first-order valence-electron chi connectivity index (χ1n) is 9.76. The van der Waals surface area contributed by atoms with Crippen LogP contribution in [0.2, 0.25) is 0 Å². The van der Waals surface area contributed by atoms with Crippen molar-refractivity contribution < 1.29 is 8.42 Å². The lowest BCUT2D eigenvalue weighted by molar-refractivity contribution is 0.281. The Kier molecular flexibility index (Phi) is 6.86. The zero-order valence-corrected chi connectivity index (χ0v) is 18.0. The van der Waals surface area contributed by atoms with Gasteiger partial charge in [-0.25, -0.2) is 13.4 Å². The van der Waals surface area contributed by atoms with Crippen LogP contribution in [0.4, 0.5) is 0 Å². The minimum atomic E-state index is -3.42. The predicted molar refractivity (Wildman–Crippen MR) is 112 cm³/mol. The standard InChI is InChI=1S/C19H29N7O2S/c1-15-5-4-10-26(13-15)29(27,28)17-8-6-16(7-9-17)11-21-19(20-2)22-12-18-23-14-24-25(18)3/h6-9,14-15H,4-5,10-13H2,1-3H3,(H2,20,21,22). The first-order valence-corrected chi connectivity index (χ1v) is 11.2. The number of piperidine rings is 1. The van der Waals surface area contributed by atoms with Crippen molar-refractivity contribution in [1.82, 2.24) is 29.7 Å². The summed E-state index contributed by atoms with van der Waals surface area (Å²) in [5, 5.41) is 10.4. The average molecular weight is 420 g/mol. The normalized spacial score (nSPS) is 18.6. The minimum Gasteiger partial charge on any atom is -0.352 e. The molecule has 158 valence electrons. The molecule has 0 saturated carbocycles. The molecule has 29 heavy (non-hydrogen) atoms. The fourth-order valence-electron chi connectivity index (χ4n) is 3.34. The quantitative estimate of drug-likeness (QED) is 0.537. The van der Waals surface area contributed by atoms with Gasteiger partial charge in [-0.3, -0.25) is 9.67 Å². The van der Waals surface area contributed by atoms with Crippen LogP contribution in [-0.4, -0.2) is 53.6 Å². The maximum Gasteiger partial charge on any atom is 0.243 e. The molecular formula is C19H29N7O2S. The van der Waals surface area contributed by atoms with Crippen LogP contribution in [-0.2, 0) is 30.2 Å². The highest BCUT2D eigenvalue weighted by Crippen LogP contribution is 2.23. The molecule has 1 fully saturated rings. The fraction of sp³-hybridized carbons (Fsp3) is 0.526. The molecule has 1 unspecified atom stereocenters. The number of guanidine groups is 1. The van der Waals surface area contributed by atoms with Crippen LogP contribution in [0, 0.1) is 5.92 Å². The topological polar surface area (TPSA) is 105 Å². The number of hydrogen-bond acceptors (Lipinski definition) is 5. The molecule has 2 N–H and O–H groups in total. The van der Waals surface area contributed by atoms with Crippen LogP contribution in [0.25, 0.3) is 0 Å². The van der Waals surface area contributed by atoms with E-state index in [2.05, 4.69) is 32.6 Å².